The van der Waals surface area contributed by atoms with Crippen molar-refractivity contribution in [3.63, 3.8) is 0 Å². The van der Waals surface area contributed by atoms with Crippen molar-refractivity contribution in [1.29, 1.82) is 0 Å². The summed E-state index contributed by atoms with van der Waals surface area (Å²) in [4.78, 5) is 1.12. The van der Waals surface area contributed by atoms with Gasteiger partial charge in [-0.2, -0.15) is 4.31 Å². The molecule has 4 nitrogen and oxygen atoms in total. The zero-order valence-electron chi connectivity index (χ0n) is 14.3. The summed E-state index contributed by atoms with van der Waals surface area (Å²) in [6.45, 7) is 8.73. The van der Waals surface area contributed by atoms with Crippen LogP contribution >= 0.6 is 11.3 Å². The molecule has 1 aliphatic heterocycles. The van der Waals surface area contributed by atoms with Gasteiger partial charge in [-0.1, -0.05) is 20.8 Å². The quantitative estimate of drug-likeness (QED) is 0.881. The van der Waals surface area contributed by atoms with Crippen molar-refractivity contribution in [1.82, 2.24) is 9.62 Å². The Bertz CT molecular complexity index is 634. The van der Waals surface area contributed by atoms with E-state index in [2.05, 4.69) is 26.1 Å². The number of hydrogen-bond acceptors (Lipinski definition) is 4. The van der Waals surface area contributed by atoms with Gasteiger partial charge in [-0.15, -0.1) is 11.3 Å². The Morgan fingerprint density at radius 1 is 1.17 bits per heavy atom. The summed E-state index contributed by atoms with van der Waals surface area (Å²) in [5.74, 6) is 0.874. The molecule has 1 aliphatic carbocycles. The minimum atomic E-state index is -3.32. The molecule has 6 heteroatoms. The Kier molecular flexibility index (Phi) is 4.89. The van der Waals surface area contributed by atoms with Crippen molar-refractivity contribution in [3.8, 4) is 0 Å². The molecular formula is C17H28N2O2S2. The van der Waals surface area contributed by atoms with Crippen LogP contribution in [0, 0.1) is 5.92 Å². The molecule has 0 unspecified atom stereocenters. The maximum atomic E-state index is 12.8. The van der Waals surface area contributed by atoms with Gasteiger partial charge in [-0.25, -0.2) is 8.42 Å². The number of rotatable bonds is 5. The van der Waals surface area contributed by atoms with Gasteiger partial charge in [0, 0.05) is 24.0 Å². The summed E-state index contributed by atoms with van der Waals surface area (Å²) < 4.78 is 27.8. The molecule has 1 aromatic rings. The van der Waals surface area contributed by atoms with Crippen LogP contribution in [0.5, 0.6) is 0 Å². The first-order valence-electron chi connectivity index (χ1n) is 8.60. The van der Waals surface area contributed by atoms with Gasteiger partial charge >= 0.3 is 0 Å². The molecule has 0 amide bonds. The average molecular weight is 357 g/mol. The predicted octanol–water partition coefficient (Wildman–Crippen LogP) is 3.20. The normalized spacial score (nSPS) is 21.7. The number of thiophene rings is 1. The summed E-state index contributed by atoms with van der Waals surface area (Å²) in [6.07, 6.45) is 4.55. The first kappa shape index (κ1) is 17.4. The van der Waals surface area contributed by atoms with Crippen molar-refractivity contribution in [3.05, 3.63) is 17.0 Å². The van der Waals surface area contributed by atoms with E-state index in [1.54, 1.807) is 10.4 Å². The van der Waals surface area contributed by atoms with Gasteiger partial charge in [0.1, 0.15) is 4.21 Å². The smallest absolute Gasteiger partial charge is 0.252 e. The molecular weight excluding hydrogens is 328 g/mol. The Labute approximate surface area is 144 Å². The minimum absolute atomic E-state index is 0.00182. The van der Waals surface area contributed by atoms with Crippen molar-refractivity contribution in [2.45, 2.75) is 62.1 Å². The topological polar surface area (TPSA) is 49.4 Å². The zero-order valence-corrected chi connectivity index (χ0v) is 16.0. The van der Waals surface area contributed by atoms with Gasteiger partial charge < -0.3 is 5.32 Å². The van der Waals surface area contributed by atoms with Gasteiger partial charge in [0.05, 0.1) is 0 Å². The van der Waals surface area contributed by atoms with E-state index >= 15 is 0 Å². The first-order valence-corrected chi connectivity index (χ1v) is 10.9. The van der Waals surface area contributed by atoms with E-state index in [9.17, 15) is 8.42 Å². The van der Waals surface area contributed by atoms with Crippen LogP contribution in [0.15, 0.2) is 16.3 Å². The highest BCUT2D eigenvalue weighted by molar-refractivity contribution is 7.91. The van der Waals surface area contributed by atoms with Gasteiger partial charge in [0.2, 0.25) is 0 Å². The van der Waals surface area contributed by atoms with Crippen LogP contribution in [0.2, 0.25) is 0 Å². The summed E-state index contributed by atoms with van der Waals surface area (Å²) in [6, 6.07) is 4.22. The van der Waals surface area contributed by atoms with E-state index in [1.165, 1.54) is 24.2 Å². The van der Waals surface area contributed by atoms with Crippen molar-refractivity contribution >= 4 is 21.4 Å². The zero-order chi connectivity index (χ0) is 16.7. The van der Waals surface area contributed by atoms with Crippen molar-refractivity contribution in [2.75, 3.05) is 19.6 Å². The Morgan fingerprint density at radius 2 is 1.83 bits per heavy atom. The highest BCUT2D eigenvalue weighted by Crippen LogP contribution is 2.34. The van der Waals surface area contributed by atoms with E-state index in [0.717, 1.165) is 30.2 Å². The van der Waals surface area contributed by atoms with Crippen LogP contribution < -0.4 is 5.32 Å². The van der Waals surface area contributed by atoms with Crippen LogP contribution in [0.25, 0.3) is 0 Å². The van der Waals surface area contributed by atoms with Crippen molar-refractivity contribution in [2.24, 2.45) is 5.92 Å². The van der Waals surface area contributed by atoms with Gasteiger partial charge in [-0.05, 0) is 55.7 Å². The van der Waals surface area contributed by atoms with E-state index in [-0.39, 0.29) is 5.41 Å². The predicted molar refractivity (Wildman–Crippen MR) is 95.5 cm³/mol. The molecule has 0 bridgehead atoms. The lowest BCUT2D eigenvalue weighted by Crippen LogP contribution is -2.45. The second-order valence-corrected chi connectivity index (χ2v) is 11.1. The fourth-order valence-electron chi connectivity index (χ4n) is 2.94. The minimum Gasteiger partial charge on any atom is -0.314 e. The molecule has 1 saturated carbocycles. The van der Waals surface area contributed by atoms with Crippen LogP contribution in [0.1, 0.15) is 51.3 Å². The van der Waals surface area contributed by atoms with Crippen LogP contribution in [-0.2, 0) is 15.4 Å². The maximum absolute atomic E-state index is 12.8. The monoisotopic (exact) mass is 356 g/mol. The summed E-state index contributed by atoms with van der Waals surface area (Å²) in [7, 11) is -3.32. The highest BCUT2D eigenvalue weighted by atomic mass is 32.2. The molecule has 2 aliphatic rings. The lowest BCUT2D eigenvalue weighted by atomic mass is 9.95. The van der Waals surface area contributed by atoms with Gasteiger partial charge in [0.25, 0.3) is 10.0 Å². The van der Waals surface area contributed by atoms with Crippen LogP contribution in [0.3, 0.4) is 0 Å². The first-order chi connectivity index (χ1) is 10.8. The lowest BCUT2D eigenvalue weighted by Gasteiger charge is -2.31. The summed E-state index contributed by atoms with van der Waals surface area (Å²) >= 11 is 1.42. The summed E-state index contributed by atoms with van der Waals surface area (Å²) in [5.41, 5.74) is -0.00182. The third-order valence-electron chi connectivity index (χ3n) is 4.76. The van der Waals surface area contributed by atoms with Crippen LogP contribution in [0.4, 0.5) is 0 Å². The second-order valence-electron chi connectivity index (χ2n) is 7.90. The molecule has 2 heterocycles. The number of piperidine rings is 1. The number of nitrogens with one attached hydrogen (secondary N) is 1. The van der Waals surface area contributed by atoms with E-state index in [0.29, 0.717) is 23.3 Å². The number of sulfonamides is 1. The molecule has 1 N–H and O–H groups in total. The fraction of sp³-hybridized carbons (Fsp3) is 0.765. The van der Waals surface area contributed by atoms with E-state index < -0.39 is 10.0 Å². The highest BCUT2D eigenvalue weighted by Gasteiger charge is 2.32. The standard InChI is InChI=1S/C17H28N2O2S2/c1-17(2,3)15-6-7-16(22-15)23(20,21)19-10-8-14(9-11-19)18-12-13-4-5-13/h6-7,13-14,18H,4-5,8-12H2,1-3H3. The molecule has 1 saturated heterocycles. The molecule has 0 spiro atoms. The molecule has 0 radical (unpaired) electrons. The molecule has 3 rings (SSSR count). The maximum Gasteiger partial charge on any atom is 0.252 e. The summed E-state index contributed by atoms with van der Waals surface area (Å²) in [5, 5.41) is 3.60. The van der Waals surface area contributed by atoms with Gasteiger partial charge in [0.15, 0.2) is 0 Å². The molecule has 0 aromatic carbocycles. The van der Waals surface area contributed by atoms with Gasteiger partial charge in [-0.3, -0.25) is 0 Å². The van der Waals surface area contributed by atoms with E-state index in [1.807, 2.05) is 6.07 Å². The third kappa shape index (κ3) is 4.16. The SMILES string of the molecule is CC(C)(C)c1ccc(S(=O)(=O)N2CCC(NCC3CC3)CC2)s1. The van der Waals surface area contributed by atoms with Crippen LogP contribution in [-0.4, -0.2) is 38.4 Å². The second kappa shape index (κ2) is 6.47. The molecule has 0 atom stereocenters. The third-order valence-corrected chi connectivity index (χ3v) is 8.64. The van der Waals surface area contributed by atoms with Crippen molar-refractivity contribution < 1.29 is 8.42 Å². The lowest BCUT2D eigenvalue weighted by molar-refractivity contribution is 0.288. The average Bonchev–Trinajstić information content (AvgIpc) is 3.16. The molecule has 23 heavy (non-hydrogen) atoms. The largest absolute Gasteiger partial charge is 0.314 e. The number of hydrogen-bond donors (Lipinski definition) is 1. The Balaban J connectivity index is 1.60. The van der Waals surface area contributed by atoms with E-state index in [4.69, 9.17) is 0 Å². The Hall–Kier alpha value is -0.430. The fourth-order valence-corrected chi connectivity index (χ4v) is 5.93. The molecule has 2 fully saturated rings. The Morgan fingerprint density at radius 3 is 2.35 bits per heavy atom. The molecule has 130 valence electrons. The number of nitrogens with zero attached hydrogens (tertiary/aromatic N) is 1. The molecule has 1 aromatic heterocycles.